The van der Waals surface area contributed by atoms with Crippen LogP contribution < -0.4 is 18.9 Å². The summed E-state index contributed by atoms with van der Waals surface area (Å²) >= 11 is 3.20. The third-order valence-electron chi connectivity index (χ3n) is 1.92. The number of aliphatic hydroxyl groups excluding tert-OH is 1. The third kappa shape index (κ3) is 10.9. The first kappa shape index (κ1) is 20.1. The van der Waals surface area contributed by atoms with Crippen LogP contribution in [0.25, 0.3) is 0 Å². The summed E-state index contributed by atoms with van der Waals surface area (Å²) in [5.41, 5.74) is 0.392. The molecule has 3 nitrogen and oxygen atoms in total. The number of hydrogen-bond acceptors (Lipinski definition) is 3. The van der Waals surface area contributed by atoms with Gasteiger partial charge in [-0.05, 0) is 28.0 Å². The molecule has 0 aliphatic carbocycles. The number of halogens is 1. The number of aliphatic hydroxyl groups is 1. The second kappa shape index (κ2) is 13.2. The van der Waals surface area contributed by atoms with Crippen molar-refractivity contribution >= 4 is 21.7 Å². The Bertz CT molecular complexity index is 313. The molecule has 96 valence electrons. The first-order chi connectivity index (χ1) is 8.11. The van der Waals surface area contributed by atoms with Crippen molar-refractivity contribution in [1.29, 1.82) is 0 Å². The van der Waals surface area contributed by atoms with E-state index in [1.807, 2.05) is 0 Å². The molecule has 0 spiro atoms. The van der Waals surface area contributed by atoms with Crippen LogP contribution in [0.15, 0.2) is 22.8 Å². The van der Waals surface area contributed by atoms with Crippen molar-refractivity contribution in [1.82, 2.24) is 4.98 Å². The first-order valence-electron chi connectivity index (χ1n) is 5.49. The fourth-order valence-electron chi connectivity index (χ4n) is 1.01. The molecule has 0 amide bonds. The Kier molecular flexibility index (Phi) is 14.7. The maximum absolute atomic E-state index is 10.6. The Labute approximate surface area is 130 Å². The van der Waals surface area contributed by atoms with Crippen molar-refractivity contribution in [2.75, 3.05) is 6.61 Å². The van der Waals surface area contributed by atoms with Gasteiger partial charge in [0.1, 0.15) is 0 Å². The van der Waals surface area contributed by atoms with Crippen LogP contribution in [-0.2, 0) is 0 Å². The smallest absolute Gasteiger partial charge is 0.396 e. The van der Waals surface area contributed by atoms with E-state index >= 15 is 0 Å². The minimum absolute atomic E-state index is 0. The SMILES string of the molecule is [CH2-]C(=O)c1ccc(Br)cn1.[CH2-]CCCCCO.[Li+]. The Morgan fingerprint density at radius 2 is 2.00 bits per heavy atom. The largest absolute Gasteiger partial charge is 1.00 e. The molecule has 0 aliphatic heterocycles. The Hall–Kier alpha value is -0.273. The van der Waals surface area contributed by atoms with E-state index in [1.54, 1.807) is 18.3 Å². The van der Waals surface area contributed by atoms with Gasteiger partial charge in [0.2, 0.25) is 0 Å². The molecule has 0 aromatic carbocycles. The van der Waals surface area contributed by atoms with Gasteiger partial charge in [-0.25, -0.2) is 0 Å². The van der Waals surface area contributed by atoms with Crippen molar-refractivity contribution in [2.45, 2.75) is 25.7 Å². The zero-order valence-electron chi connectivity index (χ0n) is 10.9. The van der Waals surface area contributed by atoms with Crippen molar-refractivity contribution in [3.05, 3.63) is 42.3 Å². The quantitative estimate of drug-likeness (QED) is 0.367. The molecule has 1 rings (SSSR count). The molecule has 5 heteroatoms. The van der Waals surface area contributed by atoms with Crippen LogP contribution in [0, 0.1) is 13.8 Å². The summed E-state index contributed by atoms with van der Waals surface area (Å²) in [6.45, 7) is 7.23. The Morgan fingerprint density at radius 3 is 2.39 bits per heavy atom. The number of rotatable bonds is 5. The van der Waals surface area contributed by atoms with Gasteiger partial charge in [-0.3, -0.25) is 0 Å². The van der Waals surface area contributed by atoms with E-state index in [0.29, 0.717) is 12.3 Å². The molecule has 0 bridgehead atoms. The van der Waals surface area contributed by atoms with Crippen LogP contribution in [0.3, 0.4) is 0 Å². The molecule has 0 atom stereocenters. The number of unbranched alkanes of at least 4 members (excludes halogenated alkanes) is 3. The molecular formula is C13H18BrLiNO2-. The molecule has 1 N–H and O–H groups in total. The number of aromatic nitrogens is 1. The molecule has 18 heavy (non-hydrogen) atoms. The second-order valence-corrected chi connectivity index (χ2v) is 4.34. The molecule has 0 saturated carbocycles. The number of ketones is 1. The van der Waals surface area contributed by atoms with Crippen LogP contribution >= 0.6 is 15.9 Å². The van der Waals surface area contributed by atoms with Crippen molar-refractivity contribution in [2.24, 2.45) is 0 Å². The summed E-state index contributed by atoms with van der Waals surface area (Å²) in [5.74, 6) is -0.257. The molecule has 0 radical (unpaired) electrons. The summed E-state index contributed by atoms with van der Waals surface area (Å²) in [7, 11) is 0. The van der Waals surface area contributed by atoms with Crippen molar-refractivity contribution < 1.29 is 28.8 Å². The number of nitrogens with zero attached hydrogens (tertiary/aromatic N) is 1. The zero-order chi connectivity index (χ0) is 13.1. The molecule has 0 aliphatic rings. The van der Waals surface area contributed by atoms with Gasteiger partial charge in [-0.1, -0.05) is 18.9 Å². The third-order valence-corrected chi connectivity index (χ3v) is 2.39. The molecule has 0 unspecified atom stereocenters. The van der Waals surface area contributed by atoms with Gasteiger partial charge in [0.15, 0.2) is 0 Å². The van der Waals surface area contributed by atoms with E-state index in [0.717, 1.165) is 30.2 Å². The summed E-state index contributed by atoms with van der Waals surface area (Å²) in [4.78, 5) is 14.4. The summed E-state index contributed by atoms with van der Waals surface area (Å²) in [6, 6.07) is 3.38. The minimum Gasteiger partial charge on any atom is -0.396 e. The van der Waals surface area contributed by atoms with Gasteiger partial charge in [-0.15, -0.1) is 6.07 Å². The number of carbonyl (C=O) groups excluding carboxylic acids is 1. The first-order valence-corrected chi connectivity index (χ1v) is 6.29. The molecule has 1 aromatic rings. The fourth-order valence-corrected chi connectivity index (χ4v) is 1.24. The molecule has 0 saturated heterocycles. The van der Waals surface area contributed by atoms with Crippen molar-refractivity contribution in [3.8, 4) is 0 Å². The Balaban J connectivity index is 0. The fraction of sp³-hybridized carbons (Fsp3) is 0.385. The Morgan fingerprint density at radius 1 is 1.33 bits per heavy atom. The van der Waals surface area contributed by atoms with E-state index < -0.39 is 0 Å². The molecule has 1 heterocycles. The number of Topliss-reactive ketones (excluding diaryl/α,β-unsaturated/α-hetero) is 1. The average molecular weight is 307 g/mol. The van der Waals surface area contributed by atoms with Gasteiger partial charge in [0, 0.05) is 23.1 Å². The summed E-state index contributed by atoms with van der Waals surface area (Å²) in [5, 5.41) is 8.27. The van der Waals surface area contributed by atoms with E-state index in [1.165, 1.54) is 0 Å². The van der Waals surface area contributed by atoms with Crippen LogP contribution in [0.5, 0.6) is 0 Å². The molecular weight excluding hydrogens is 289 g/mol. The monoisotopic (exact) mass is 306 g/mol. The van der Waals surface area contributed by atoms with Gasteiger partial charge in [-0.2, -0.15) is 13.3 Å². The zero-order valence-corrected chi connectivity index (χ0v) is 12.4. The summed E-state index contributed by atoms with van der Waals surface area (Å²) in [6.07, 6.45) is 5.79. The topological polar surface area (TPSA) is 50.2 Å². The van der Waals surface area contributed by atoms with Crippen LogP contribution in [-0.4, -0.2) is 22.5 Å². The second-order valence-electron chi connectivity index (χ2n) is 3.42. The van der Waals surface area contributed by atoms with Crippen LogP contribution in [0.2, 0.25) is 0 Å². The van der Waals surface area contributed by atoms with E-state index in [2.05, 4.69) is 34.8 Å². The average Bonchev–Trinajstić information content (AvgIpc) is 2.31. The maximum Gasteiger partial charge on any atom is 1.00 e. The van der Waals surface area contributed by atoms with Crippen LogP contribution in [0.1, 0.15) is 36.2 Å². The molecule has 0 fully saturated rings. The normalized spacial score (nSPS) is 8.83. The standard InChI is InChI=1S/C7H5BrNO.C6H13O.Li/c1-5(10)7-3-2-6(8)4-9-7;1-2-3-4-5-6-7;/h2-4H,1H2;7H,1-6H2;/q2*-1;+1. The minimum atomic E-state index is -0.257. The van der Waals surface area contributed by atoms with Gasteiger partial charge in [0.05, 0.1) is 0 Å². The van der Waals surface area contributed by atoms with Gasteiger partial charge in [0.25, 0.3) is 0 Å². The van der Waals surface area contributed by atoms with E-state index in [-0.39, 0.29) is 24.6 Å². The van der Waals surface area contributed by atoms with Crippen molar-refractivity contribution in [3.63, 3.8) is 0 Å². The number of carbonyl (C=O) groups is 1. The number of pyridine rings is 1. The van der Waals surface area contributed by atoms with Crippen LogP contribution in [0.4, 0.5) is 0 Å². The van der Waals surface area contributed by atoms with E-state index in [4.69, 9.17) is 5.11 Å². The number of hydrogen-bond donors (Lipinski definition) is 1. The predicted octanol–water partition coefficient (Wildman–Crippen LogP) is 0.238. The summed E-state index contributed by atoms with van der Waals surface area (Å²) < 4.78 is 0.859. The molecule has 1 aromatic heterocycles. The van der Waals surface area contributed by atoms with Gasteiger partial charge >= 0.3 is 18.9 Å². The maximum atomic E-state index is 10.6. The van der Waals surface area contributed by atoms with E-state index in [9.17, 15) is 4.79 Å². The predicted molar refractivity (Wildman–Crippen MR) is 72.5 cm³/mol. The van der Waals surface area contributed by atoms with Gasteiger partial charge < -0.3 is 21.8 Å².